The summed E-state index contributed by atoms with van der Waals surface area (Å²) < 4.78 is 27.1. The highest BCUT2D eigenvalue weighted by Gasteiger charge is 2.30. The van der Waals surface area contributed by atoms with Crippen molar-refractivity contribution in [3.8, 4) is 0 Å². The number of hydrogen-bond donors (Lipinski definition) is 2. The Morgan fingerprint density at radius 2 is 1.74 bits per heavy atom. The number of benzene rings is 2. The van der Waals surface area contributed by atoms with Crippen LogP contribution in [0.5, 0.6) is 0 Å². The lowest BCUT2D eigenvalue weighted by Crippen LogP contribution is -2.36. The number of sulfonamides is 1. The van der Waals surface area contributed by atoms with E-state index in [-0.39, 0.29) is 23.3 Å². The average Bonchev–Trinajstić information content (AvgIpc) is 3.09. The van der Waals surface area contributed by atoms with Gasteiger partial charge in [-0.1, -0.05) is 18.2 Å². The number of carbonyl (C=O) groups is 2. The van der Waals surface area contributed by atoms with E-state index in [0.29, 0.717) is 24.2 Å². The standard InChI is InChI=1S/C19H20N2O5S/c22-18(23)13-16-5-4-12-21(16)19(24)14-8-10-15(11-9-14)20-27(25,26)17-6-2-1-3-7-17/h1-3,6-11,16,20H,4-5,12-13H2,(H,22,23). The van der Waals surface area contributed by atoms with Crippen molar-refractivity contribution in [1.29, 1.82) is 0 Å². The highest BCUT2D eigenvalue weighted by Crippen LogP contribution is 2.23. The van der Waals surface area contributed by atoms with E-state index in [1.54, 1.807) is 35.2 Å². The molecule has 27 heavy (non-hydrogen) atoms. The molecule has 1 unspecified atom stereocenters. The Balaban J connectivity index is 1.72. The molecule has 0 aromatic heterocycles. The SMILES string of the molecule is O=C(O)CC1CCCN1C(=O)c1ccc(NS(=O)(=O)c2ccccc2)cc1. The van der Waals surface area contributed by atoms with E-state index in [1.165, 1.54) is 24.3 Å². The van der Waals surface area contributed by atoms with Crippen LogP contribution >= 0.6 is 0 Å². The van der Waals surface area contributed by atoms with Crippen LogP contribution in [0.3, 0.4) is 0 Å². The number of hydrogen-bond acceptors (Lipinski definition) is 4. The summed E-state index contributed by atoms with van der Waals surface area (Å²) in [6, 6.07) is 13.8. The predicted molar refractivity (Wildman–Crippen MR) is 100 cm³/mol. The quantitative estimate of drug-likeness (QED) is 0.791. The smallest absolute Gasteiger partial charge is 0.305 e. The van der Waals surface area contributed by atoms with E-state index in [0.717, 1.165) is 6.42 Å². The minimum atomic E-state index is -3.69. The first kappa shape index (κ1) is 18.9. The monoisotopic (exact) mass is 388 g/mol. The Kier molecular flexibility index (Phi) is 5.46. The van der Waals surface area contributed by atoms with Crippen LogP contribution in [0.15, 0.2) is 59.5 Å². The minimum absolute atomic E-state index is 0.0688. The summed E-state index contributed by atoms with van der Waals surface area (Å²) in [5.41, 5.74) is 0.744. The molecule has 1 aliphatic rings. The topological polar surface area (TPSA) is 104 Å². The third-order valence-corrected chi connectivity index (χ3v) is 5.88. The molecular formula is C19H20N2O5S. The molecule has 0 bridgehead atoms. The fourth-order valence-corrected chi connectivity index (χ4v) is 4.26. The van der Waals surface area contributed by atoms with Gasteiger partial charge in [0.15, 0.2) is 0 Å². The number of anilines is 1. The summed E-state index contributed by atoms with van der Waals surface area (Å²) in [6.07, 6.45) is 1.38. The predicted octanol–water partition coefficient (Wildman–Crippen LogP) is 2.57. The number of rotatable bonds is 6. The number of nitrogens with one attached hydrogen (secondary N) is 1. The highest BCUT2D eigenvalue weighted by atomic mass is 32.2. The highest BCUT2D eigenvalue weighted by molar-refractivity contribution is 7.92. The van der Waals surface area contributed by atoms with E-state index in [1.807, 2.05) is 0 Å². The largest absolute Gasteiger partial charge is 0.481 e. The third-order valence-electron chi connectivity index (χ3n) is 4.49. The zero-order chi connectivity index (χ0) is 19.4. The maximum absolute atomic E-state index is 12.7. The van der Waals surface area contributed by atoms with Gasteiger partial charge in [-0.05, 0) is 49.2 Å². The summed E-state index contributed by atoms with van der Waals surface area (Å²) in [6.45, 7) is 0.527. The molecule has 142 valence electrons. The van der Waals surface area contributed by atoms with Crippen molar-refractivity contribution in [1.82, 2.24) is 4.90 Å². The number of nitrogens with zero attached hydrogens (tertiary/aromatic N) is 1. The van der Waals surface area contributed by atoms with Gasteiger partial charge >= 0.3 is 5.97 Å². The maximum Gasteiger partial charge on any atom is 0.305 e. The lowest BCUT2D eigenvalue weighted by Gasteiger charge is -2.23. The molecule has 1 heterocycles. The molecule has 7 nitrogen and oxygen atoms in total. The first-order chi connectivity index (χ1) is 12.9. The third kappa shape index (κ3) is 4.46. The van der Waals surface area contributed by atoms with Crippen LogP contribution in [0.2, 0.25) is 0 Å². The van der Waals surface area contributed by atoms with Crippen LogP contribution in [-0.2, 0) is 14.8 Å². The molecule has 1 fully saturated rings. The molecule has 8 heteroatoms. The van der Waals surface area contributed by atoms with Gasteiger partial charge in [-0.15, -0.1) is 0 Å². The van der Waals surface area contributed by atoms with Crippen LogP contribution in [0.25, 0.3) is 0 Å². The maximum atomic E-state index is 12.7. The number of carbonyl (C=O) groups excluding carboxylic acids is 1. The van der Waals surface area contributed by atoms with Crippen LogP contribution in [0, 0.1) is 0 Å². The minimum Gasteiger partial charge on any atom is -0.481 e. The first-order valence-electron chi connectivity index (χ1n) is 8.57. The molecule has 0 spiro atoms. The molecular weight excluding hydrogens is 368 g/mol. The summed E-state index contributed by atoms with van der Waals surface area (Å²) in [4.78, 5) is 25.3. The fraction of sp³-hybridized carbons (Fsp3) is 0.263. The molecule has 0 saturated carbocycles. The van der Waals surface area contributed by atoms with Gasteiger partial charge in [0.05, 0.1) is 11.3 Å². The zero-order valence-corrected chi connectivity index (χ0v) is 15.4. The van der Waals surface area contributed by atoms with Gasteiger partial charge < -0.3 is 10.0 Å². The van der Waals surface area contributed by atoms with Crippen LogP contribution in [-0.4, -0.2) is 42.9 Å². The number of aliphatic carboxylic acids is 1. The summed E-state index contributed by atoms with van der Waals surface area (Å²) >= 11 is 0. The van der Waals surface area contributed by atoms with Crippen molar-refractivity contribution in [3.63, 3.8) is 0 Å². The van der Waals surface area contributed by atoms with Gasteiger partial charge in [-0.3, -0.25) is 14.3 Å². The second kappa shape index (κ2) is 7.79. The van der Waals surface area contributed by atoms with Crippen molar-refractivity contribution >= 4 is 27.6 Å². The molecule has 0 aliphatic carbocycles. The van der Waals surface area contributed by atoms with Crippen molar-refractivity contribution in [2.24, 2.45) is 0 Å². The van der Waals surface area contributed by atoms with E-state index in [2.05, 4.69) is 4.72 Å². The van der Waals surface area contributed by atoms with Crippen molar-refractivity contribution < 1.29 is 23.1 Å². The van der Waals surface area contributed by atoms with Gasteiger partial charge in [0.25, 0.3) is 15.9 Å². The Labute approximate surface area is 157 Å². The summed E-state index contributed by atoms with van der Waals surface area (Å²) in [5.74, 6) is -1.17. The van der Waals surface area contributed by atoms with Crippen molar-refractivity contribution in [2.45, 2.75) is 30.2 Å². The van der Waals surface area contributed by atoms with Crippen molar-refractivity contribution in [2.75, 3.05) is 11.3 Å². The Hall–Kier alpha value is -2.87. The molecule has 1 saturated heterocycles. The molecule has 1 aliphatic heterocycles. The second-order valence-electron chi connectivity index (χ2n) is 6.39. The molecule has 2 aromatic rings. The van der Waals surface area contributed by atoms with Crippen LogP contribution < -0.4 is 4.72 Å². The van der Waals surface area contributed by atoms with E-state index in [4.69, 9.17) is 5.11 Å². The first-order valence-corrected chi connectivity index (χ1v) is 10.1. The van der Waals surface area contributed by atoms with Gasteiger partial charge in [-0.2, -0.15) is 0 Å². The van der Waals surface area contributed by atoms with Gasteiger partial charge in [0.1, 0.15) is 0 Å². The molecule has 2 N–H and O–H groups in total. The summed E-state index contributed by atoms with van der Waals surface area (Å²) in [5, 5.41) is 8.98. The molecule has 2 aromatic carbocycles. The normalized spacial score (nSPS) is 16.9. The Morgan fingerprint density at radius 1 is 1.07 bits per heavy atom. The molecule has 0 radical (unpaired) electrons. The molecule has 1 atom stereocenters. The van der Waals surface area contributed by atoms with E-state index >= 15 is 0 Å². The van der Waals surface area contributed by atoms with Gasteiger partial charge in [-0.25, -0.2) is 8.42 Å². The lowest BCUT2D eigenvalue weighted by atomic mass is 10.1. The van der Waals surface area contributed by atoms with E-state index in [9.17, 15) is 18.0 Å². The van der Waals surface area contributed by atoms with E-state index < -0.39 is 16.0 Å². The lowest BCUT2D eigenvalue weighted by molar-refractivity contribution is -0.137. The van der Waals surface area contributed by atoms with Gasteiger partial charge in [0.2, 0.25) is 0 Å². The summed E-state index contributed by atoms with van der Waals surface area (Å²) in [7, 11) is -3.69. The zero-order valence-electron chi connectivity index (χ0n) is 14.5. The average molecular weight is 388 g/mol. The van der Waals surface area contributed by atoms with Crippen LogP contribution in [0.1, 0.15) is 29.6 Å². The molecule has 3 rings (SSSR count). The number of carboxylic acid groups (broad SMARTS) is 1. The van der Waals surface area contributed by atoms with Crippen LogP contribution in [0.4, 0.5) is 5.69 Å². The number of amides is 1. The van der Waals surface area contributed by atoms with Crippen molar-refractivity contribution in [3.05, 3.63) is 60.2 Å². The molecule has 1 amide bonds. The Bertz CT molecular complexity index is 926. The number of likely N-dealkylation sites (tertiary alicyclic amines) is 1. The Morgan fingerprint density at radius 3 is 2.37 bits per heavy atom. The fourth-order valence-electron chi connectivity index (χ4n) is 3.18. The van der Waals surface area contributed by atoms with Gasteiger partial charge in [0, 0.05) is 23.8 Å². The number of carboxylic acids is 1. The second-order valence-corrected chi connectivity index (χ2v) is 8.07.